The van der Waals surface area contributed by atoms with Crippen molar-refractivity contribution >= 4 is 11.7 Å². The van der Waals surface area contributed by atoms with Crippen molar-refractivity contribution in [2.75, 3.05) is 12.4 Å². The van der Waals surface area contributed by atoms with Gasteiger partial charge >= 0.3 is 0 Å². The molecule has 2 N–H and O–H groups in total. The molecule has 6 heteroatoms. The highest BCUT2D eigenvalue weighted by atomic mass is 16.5. The molecule has 1 atom stereocenters. The minimum atomic E-state index is -0.146. The number of ether oxygens (including phenoxy) is 1. The molecule has 132 valence electrons. The maximum absolute atomic E-state index is 12.3. The quantitative estimate of drug-likeness (QED) is 0.760. The summed E-state index contributed by atoms with van der Waals surface area (Å²) < 4.78 is 6.95. The van der Waals surface area contributed by atoms with E-state index >= 15 is 0 Å². The van der Waals surface area contributed by atoms with Gasteiger partial charge in [0.05, 0.1) is 19.0 Å². The van der Waals surface area contributed by atoms with Crippen LogP contribution < -0.4 is 10.1 Å². The maximum Gasteiger partial charge on any atom is 0.226 e. The Morgan fingerprint density at radius 3 is 2.73 bits per heavy atom. The Balaban J connectivity index is 1.80. The van der Waals surface area contributed by atoms with Gasteiger partial charge < -0.3 is 15.2 Å². The van der Waals surface area contributed by atoms with Gasteiger partial charge in [-0.15, -0.1) is 0 Å². The number of phenolic OH excluding ortho intramolecular Hbond substituents is 1. The molecule has 26 heavy (non-hydrogen) atoms. The Kier molecular flexibility index (Phi) is 3.88. The highest BCUT2D eigenvalue weighted by molar-refractivity contribution is 5.94. The summed E-state index contributed by atoms with van der Waals surface area (Å²) in [6.45, 7) is 2.03. The Hall–Kier alpha value is -3.28. The number of hydrogen-bond acceptors (Lipinski definition) is 4. The van der Waals surface area contributed by atoms with E-state index in [1.807, 2.05) is 37.3 Å². The number of aromatic hydroxyl groups is 1. The number of fused-ring (bicyclic) bond motifs is 1. The molecule has 0 spiro atoms. The number of phenols is 1. The van der Waals surface area contributed by atoms with Gasteiger partial charge in [-0.05, 0) is 36.8 Å². The fourth-order valence-corrected chi connectivity index (χ4v) is 3.31. The van der Waals surface area contributed by atoms with Crippen LogP contribution in [0.5, 0.6) is 11.5 Å². The first kappa shape index (κ1) is 16.2. The highest BCUT2D eigenvalue weighted by Gasteiger charge is 2.30. The molecular formula is C20H19N3O3. The predicted molar refractivity (Wildman–Crippen MR) is 98.0 cm³/mol. The second kappa shape index (κ2) is 6.22. The topological polar surface area (TPSA) is 76.4 Å². The standard InChI is InChI=1S/C20H19N3O3/c1-12-3-6-14(7-4-12)23-20-16(11-21-23)15(10-19(25)22-20)13-5-8-17(24)18(9-13)26-2/h3-9,11,15,24H,10H2,1-2H3,(H,22,25). The van der Waals surface area contributed by atoms with E-state index in [4.69, 9.17) is 4.74 Å². The highest BCUT2D eigenvalue weighted by Crippen LogP contribution is 2.40. The van der Waals surface area contributed by atoms with Crippen LogP contribution in [0.25, 0.3) is 5.69 Å². The van der Waals surface area contributed by atoms with Crippen molar-refractivity contribution in [2.45, 2.75) is 19.3 Å². The van der Waals surface area contributed by atoms with E-state index in [9.17, 15) is 9.90 Å². The summed E-state index contributed by atoms with van der Waals surface area (Å²) in [5.41, 5.74) is 3.89. The van der Waals surface area contributed by atoms with E-state index in [-0.39, 0.29) is 17.6 Å². The van der Waals surface area contributed by atoms with Gasteiger partial charge in [0.2, 0.25) is 5.91 Å². The van der Waals surface area contributed by atoms with E-state index in [1.165, 1.54) is 7.11 Å². The van der Waals surface area contributed by atoms with Crippen LogP contribution in [-0.4, -0.2) is 27.9 Å². The molecular weight excluding hydrogens is 330 g/mol. The first-order chi connectivity index (χ1) is 12.6. The van der Waals surface area contributed by atoms with Gasteiger partial charge in [-0.3, -0.25) is 4.79 Å². The van der Waals surface area contributed by atoms with Crippen molar-refractivity contribution in [3.8, 4) is 17.2 Å². The zero-order chi connectivity index (χ0) is 18.3. The average Bonchev–Trinajstić information content (AvgIpc) is 3.06. The van der Waals surface area contributed by atoms with Crippen LogP contribution in [0.4, 0.5) is 5.82 Å². The van der Waals surface area contributed by atoms with Crippen molar-refractivity contribution in [3.05, 3.63) is 65.4 Å². The summed E-state index contributed by atoms with van der Waals surface area (Å²) in [5, 5.41) is 17.3. The maximum atomic E-state index is 12.3. The van der Waals surface area contributed by atoms with E-state index in [1.54, 1.807) is 23.0 Å². The molecule has 6 nitrogen and oxygen atoms in total. The molecule has 1 aromatic heterocycles. The molecule has 1 aliphatic rings. The number of hydrogen-bond donors (Lipinski definition) is 2. The van der Waals surface area contributed by atoms with Gasteiger partial charge in [0, 0.05) is 17.9 Å². The Labute approximate surface area is 151 Å². The zero-order valence-electron chi connectivity index (χ0n) is 14.6. The number of methoxy groups -OCH3 is 1. The van der Waals surface area contributed by atoms with Gasteiger partial charge in [0.25, 0.3) is 0 Å². The lowest BCUT2D eigenvalue weighted by molar-refractivity contribution is -0.116. The minimum Gasteiger partial charge on any atom is -0.504 e. The second-order valence-corrected chi connectivity index (χ2v) is 6.43. The number of nitrogens with one attached hydrogen (secondary N) is 1. The van der Waals surface area contributed by atoms with Gasteiger partial charge in [-0.2, -0.15) is 5.10 Å². The van der Waals surface area contributed by atoms with Crippen molar-refractivity contribution in [1.29, 1.82) is 0 Å². The lowest BCUT2D eigenvalue weighted by Gasteiger charge is -2.24. The normalized spacial score (nSPS) is 16.1. The molecule has 2 heterocycles. The Morgan fingerprint density at radius 2 is 2.00 bits per heavy atom. The largest absolute Gasteiger partial charge is 0.504 e. The van der Waals surface area contributed by atoms with Crippen LogP contribution >= 0.6 is 0 Å². The third-order valence-electron chi connectivity index (χ3n) is 4.70. The van der Waals surface area contributed by atoms with Crippen LogP contribution in [0.2, 0.25) is 0 Å². The molecule has 1 amide bonds. The number of benzene rings is 2. The number of rotatable bonds is 3. The van der Waals surface area contributed by atoms with Crippen molar-refractivity contribution < 1.29 is 14.6 Å². The summed E-state index contributed by atoms with van der Waals surface area (Å²) >= 11 is 0. The molecule has 0 fully saturated rings. The van der Waals surface area contributed by atoms with Crippen LogP contribution in [0.15, 0.2) is 48.7 Å². The first-order valence-corrected chi connectivity index (χ1v) is 8.38. The molecule has 0 saturated carbocycles. The smallest absolute Gasteiger partial charge is 0.226 e. The number of carbonyl (C=O) groups excluding carboxylic acids is 1. The number of nitrogens with zero attached hydrogens (tertiary/aromatic N) is 2. The van der Waals surface area contributed by atoms with E-state index in [2.05, 4.69) is 10.4 Å². The van der Waals surface area contributed by atoms with E-state index in [0.717, 1.165) is 22.4 Å². The molecule has 1 aliphatic heterocycles. The van der Waals surface area contributed by atoms with Crippen LogP contribution in [0.1, 0.15) is 29.0 Å². The third kappa shape index (κ3) is 2.69. The summed E-state index contributed by atoms with van der Waals surface area (Å²) in [7, 11) is 1.51. The summed E-state index contributed by atoms with van der Waals surface area (Å²) in [6, 6.07) is 13.1. The van der Waals surface area contributed by atoms with E-state index in [0.29, 0.717) is 18.0 Å². The summed E-state index contributed by atoms with van der Waals surface area (Å²) in [6.07, 6.45) is 2.11. The average molecular weight is 349 g/mol. The van der Waals surface area contributed by atoms with Crippen molar-refractivity contribution in [3.63, 3.8) is 0 Å². The minimum absolute atomic E-state index is 0.0663. The number of anilines is 1. The first-order valence-electron chi connectivity index (χ1n) is 8.38. The molecule has 1 unspecified atom stereocenters. The SMILES string of the molecule is COc1cc(C2CC(=O)Nc3c2cnn3-c2ccc(C)cc2)ccc1O. The monoisotopic (exact) mass is 349 g/mol. The second-order valence-electron chi connectivity index (χ2n) is 6.43. The molecule has 0 bridgehead atoms. The zero-order valence-corrected chi connectivity index (χ0v) is 14.6. The fraction of sp³-hybridized carbons (Fsp3) is 0.200. The number of aryl methyl sites for hydroxylation is 1. The molecule has 0 saturated heterocycles. The lowest BCUT2D eigenvalue weighted by atomic mass is 9.87. The fourth-order valence-electron chi connectivity index (χ4n) is 3.31. The van der Waals surface area contributed by atoms with Gasteiger partial charge in [0.1, 0.15) is 5.82 Å². The van der Waals surface area contributed by atoms with E-state index < -0.39 is 0 Å². The predicted octanol–water partition coefficient (Wildman–Crippen LogP) is 3.37. The third-order valence-corrected chi connectivity index (χ3v) is 4.70. The number of amides is 1. The van der Waals surface area contributed by atoms with Crippen LogP contribution in [0.3, 0.4) is 0 Å². The van der Waals surface area contributed by atoms with Gasteiger partial charge in [0.15, 0.2) is 11.5 Å². The molecule has 4 rings (SSSR count). The van der Waals surface area contributed by atoms with Crippen molar-refractivity contribution in [1.82, 2.24) is 9.78 Å². The van der Waals surface area contributed by atoms with Crippen molar-refractivity contribution in [2.24, 2.45) is 0 Å². The number of carbonyl (C=O) groups is 1. The molecule has 0 aliphatic carbocycles. The van der Waals surface area contributed by atoms with Crippen LogP contribution in [0, 0.1) is 6.92 Å². The summed E-state index contributed by atoms with van der Waals surface area (Å²) in [4.78, 5) is 12.3. The molecule has 3 aromatic rings. The number of aromatic nitrogens is 2. The van der Waals surface area contributed by atoms with Gasteiger partial charge in [-0.1, -0.05) is 23.8 Å². The Morgan fingerprint density at radius 1 is 1.23 bits per heavy atom. The molecule has 2 aromatic carbocycles. The lowest BCUT2D eigenvalue weighted by Crippen LogP contribution is -2.24. The van der Waals surface area contributed by atoms with Crippen LogP contribution in [-0.2, 0) is 4.79 Å². The Bertz CT molecular complexity index is 976. The van der Waals surface area contributed by atoms with Gasteiger partial charge in [-0.25, -0.2) is 4.68 Å². The summed E-state index contributed by atoms with van der Waals surface area (Å²) in [5.74, 6) is 0.936. The molecule has 0 radical (unpaired) electrons.